The summed E-state index contributed by atoms with van der Waals surface area (Å²) in [6.07, 6.45) is 2.37. The molecule has 2 rings (SSSR count). The molecule has 0 aliphatic heterocycles. The minimum Gasteiger partial charge on any atom is -0.467 e. The van der Waals surface area contributed by atoms with Gasteiger partial charge in [-0.25, -0.2) is 9.78 Å². The Morgan fingerprint density at radius 3 is 2.75 bits per heavy atom. The van der Waals surface area contributed by atoms with Crippen LogP contribution in [0.25, 0.3) is 10.2 Å². The summed E-state index contributed by atoms with van der Waals surface area (Å²) in [5.41, 5.74) is 0.896. The fourth-order valence-corrected chi connectivity index (χ4v) is 3.23. The minimum absolute atomic E-state index is 0.249. The van der Waals surface area contributed by atoms with Gasteiger partial charge in [0.25, 0.3) is 0 Å². The average molecular weight is 349 g/mol. The lowest BCUT2D eigenvalue weighted by Crippen LogP contribution is -2.47. The first-order valence-corrected chi connectivity index (χ1v) is 8.87. The molecule has 0 aliphatic rings. The predicted molar refractivity (Wildman–Crippen MR) is 96.2 cm³/mol. The van der Waals surface area contributed by atoms with Crippen LogP contribution < -0.4 is 10.6 Å². The average Bonchev–Trinajstić information content (AvgIpc) is 2.99. The molecule has 0 aliphatic carbocycles. The molecule has 2 N–H and O–H groups in total. The standard InChI is InChI=1S/C17H23N3O3S/c1-4-5-8-13(16(22)23-3)19-15(21)11(2)18-17-20-12-9-6-7-10-14(12)24-17/h6-7,9-11,13H,4-5,8H2,1-3H3,(H,18,20)(H,19,21)/t11-,13?/m0/s1. The number of benzene rings is 1. The predicted octanol–water partition coefficient (Wildman–Crippen LogP) is 2.94. The topological polar surface area (TPSA) is 80.3 Å². The third-order valence-corrected chi connectivity index (χ3v) is 4.64. The number of fused-ring (bicyclic) bond motifs is 1. The van der Waals surface area contributed by atoms with E-state index in [1.165, 1.54) is 18.4 Å². The van der Waals surface area contributed by atoms with Crippen LogP contribution in [0.5, 0.6) is 0 Å². The smallest absolute Gasteiger partial charge is 0.328 e. The molecule has 24 heavy (non-hydrogen) atoms. The number of ether oxygens (including phenoxy) is 1. The van der Waals surface area contributed by atoms with Crippen LogP contribution in [0.3, 0.4) is 0 Å². The van der Waals surface area contributed by atoms with Gasteiger partial charge in [0.05, 0.1) is 17.3 Å². The Morgan fingerprint density at radius 1 is 1.33 bits per heavy atom. The number of hydrogen-bond acceptors (Lipinski definition) is 6. The van der Waals surface area contributed by atoms with Gasteiger partial charge >= 0.3 is 5.97 Å². The molecule has 7 heteroatoms. The van der Waals surface area contributed by atoms with Crippen LogP contribution in [0.15, 0.2) is 24.3 Å². The molecule has 0 fully saturated rings. The quantitative estimate of drug-likeness (QED) is 0.716. The van der Waals surface area contributed by atoms with Crippen LogP contribution in [0.2, 0.25) is 0 Å². The fourth-order valence-electron chi connectivity index (χ4n) is 2.28. The van der Waals surface area contributed by atoms with Crippen LogP contribution in [-0.2, 0) is 14.3 Å². The number of thiazole rings is 1. The number of aromatic nitrogens is 1. The number of amides is 1. The summed E-state index contributed by atoms with van der Waals surface area (Å²) in [7, 11) is 1.33. The van der Waals surface area contributed by atoms with Crippen LogP contribution in [0, 0.1) is 0 Å². The maximum Gasteiger partial charge on any atom is 0.328 e. The van der Waals surface area contributed by atoms with E-state index < -0.39 is 18.1 Å². The number of nitrogens with zero attached hydrogens (tertiary/aromatic N) is 1. The first kappa shape index (κ1) is 18.2. The molecule has 0 saturated carbocycles. The molecule has 1 heterocycles. The van der Waals surface area contributed by atoms with Gasteiger partial charge < -0.3 is 15.4 Å². The Bertz CT molecular complexity index is 668. The summed E-state index contributed by atoms with van der Waals surface area (Å²) >= 11 is 1.49. The number of hydrogen-bond donors (Lipinski definition) is 2. The molecule has 0 spiro atoms. The number of carbonyl (C=O) groups excluding carboxylic acids is 2. The van der Waals surface area contributed by atoms with E-state index in [1.807, 2.05) is 31.2 Å². The molecule has 6 nitrogen and oxygen atoms in total. The van der Waals surface area contributed by atoms with E-state index in [0.717, 1.165) is 23.1 Å². The fraction of sp³-hybridized carbons (Fsp3) is 0.471. The monoisotopic (exact) mass is 349 g/mol. The van der Waals surface area contributed by atoms with Gasteiger partial charge in [-0.3, -0.25) is 4.79 Å². The zero-order chi connectivity index (χ0) is 17.5. The third kappa shape index (κ3) is 4.67. The van der Waals surface area contributed by atoms with Gasteiger partial charge in [0.2, 0.25) is 5.91 Å². The molecule has 2 atom stereocenters. The second-order valence-corrected chi connectivity index (χ2v) is 6.61. The number of esters is 1. The van der Waals surface area contributed by atoms with E-state index in [2.05, 4.69) is 15.6 Å². The van der Waals surface area contributed by atoms with Crippen LogP contribution >= 0.6 is 11.3 Å². The molecule has 1 unspecified atom stereocenters. The van der Waals surface area contributed by atoms with Gasteiger partial charge in [0.1, 0.15) is 12.1 Å². The number of rotatable bonds is 8. The van der Waals surface area contributed by atoms with Crippen molar-refractivity contribution in [2.45, 2.75) is 45.2 Å². The van der Waals surface area contributed by atoms with Crippen molar-refractivity contribution in [3.63, 3.8) is 0 Å². The highest BCUT2D eigenvalue weighted by molar-refractivity contribution is 7.22. The van der Waals surface area contributed by atoms with Crippen molar-refractivity contribution < 1.29 is 14.3 Å². The van der Waals surface area contributed by atoms with E-state index in [4.69, 9.17) is 4.74 Å². The number of anilines is 1. The van der Waals surface area contributed by atoms with Crippen molar-refractivity contribution in [3.05, 3.63) is 24.3 Å². The first-order valence-electron chi connectivity index (χ1n) is 8.05. The van der Waals surface area contributed by atoms with Gasteiger partial charge in [-0.1, -0.05) is 43.2 Å². The number of nitrogens with one attached hydrogen (secondary N) is 2. The highest BCUT2D eigenvalue weighted by Gasteiger charge is 2.24. The lowest BCUT2D eigenvalue weighted by Gasteiger charge is -2.19. The number of methoxy groups -OCH3 is 1. The Labute approximate surface area is 145 Å². The normalized spacial score (nSPS) is 13.3. The summed E-state index contributed by atoms with van der Waals surface area (Å²) in [5.74, 6) is -0.662. The molecule has 1 aromatic carbocycles. The Hall–Kier alpha value is -2.15. The number of unbranched alkanes of at least 4 members (excludes halogenated alkanes) is 1. The van der Waals surface area contributed by atoms with Crippen LogP contribution in [0.4, 0.5) is 5.13 Å². The Morgan fingerprint density at radius 2 is 2.08 bits per heavy atom. The van der Waals surface area contributed by atoms with Crippen LogP contribution in [0.1, 0.15) is 33.1 Å². The largest absolute Gasteiger partial charge is 0.467 e. The molecular weight excluding hydrogens is 326 g/mol. The second kappa shape index (κ2) is 8.63. The summed E-state index contributed by atoms with van der Waals surface area (Å²) in [6, 6.07) is 6.69. The Balaban J connectivity index is 1.98. The lowest BCUT2D eigenvalue weighted by atomic mass is 10.1. The maximum atomic E-state index is 12.4. The third-order valence-electron chi connectivity index (χ3n) is 3.68. The van der Waals surface area contributed by atoms with Crippen molar-refractivity contribution in [2.24, 2.45) is 0 Å². The molecule has 0 bridgehead atoms. The summed E-state index contributed by atoms with van der Waals surface area (Å²) < 4.78 is 5.82. The van der Waals surface area contributed by atoms with Crippen molar-refractivity contribution in [2.75, 3.05) is 12.4 Å². The van der Waals surface area contributed by atoms with Crippen LogP contribution in [-0.4, -0.2) is 36.1 Å². The summed E-state index contributed by atoms with van der Waals surface area (Å²) in [4.78, 5) is 28.6. The van der Waals surface area contributed by atoms with Crippen molar-refractivity contribution >= 4 is 38.6 Å². The Kier molecular flexibility index (Phi) is 6.54. The molecule has 1 aromatic heterocycles. The zero-order valence-corrected chi connectivity index (χ0v) is 15.0. The number of para-hydroxylation sites is 1. The van der Waals surface area contributed by atoms with E-state index in [0.29, 0.717) is 11.6 Å². The van der Waals surface area contributed by atoms with Crippen molar-refractivity contribution in [3.8, 4) is 0 Å². The lowest BCUT2D eigenvalue weighted by molar-refractivity contribution is -0.145. The first-order chi connectivity index (χ1) is 11.5. The van der Waals surface area contributed by atoms with E-state index >= 15 is 0 Å². The van der Waals surface area contributed by atoms with Crippen molar-refractivity contribution in [1.29, 1.82) is 0 Å². The highest BCUT2D eigenvalue weighted by atomic mass is 32.1. The molecule has 0 radical (unpaired) electrons. The zero-order valence-electron chi connectivity index (χ0n) is 14.2. The minimum atomic E-state index is -0.609. The number of carbonyl (C=O) groups is 2. The van der Waals surface area contributed by atoms with Crippen molar-refractivity contribution in [1.82, 2.24) is 10.3 Å². The van der Waals surface area contributed by atoms with Gasteiger partial charge in [-0.2, -0.15) is 0 Å². The van der Waals surface area contributed by atoms with E-state index in [1.54, 1.807) is 6.92 Å². The highest BCUT2D eigenvalue weighted by Crippen LogP contribution is 2.25. The SMILES string of the molecule is CCCCC(NC(=O)[C@H](C)Nc1nc2ccccc2s1)C(=O)OC. The van der Waals surface area contributed by atoms with E-state index in [9.17, 15) is 9.59 Å². The molecular formula is C17H23N3O3S. The molecule has 1 amide bonds. The van der Waals surface area contributed by atoms with E-state index in [-0.39, 0.29) is 5.91 Å². The van der Waals surface area contributed by atoms with Gasteiger partial charge in [0.15, 0.2) is 5.13 Å². The van der Waals surface area contributed by atoms with Gasteiger partial charge in [-0.15, -0.1) is 0 Å². The molecule has 130 valence electrons. The summed E-state index contributed by atoms with van der Waals surface area (Å²) in [5, 5.41) is 6.53. The van der Waals surface area contributed by atoms with Gasteiger partial charge in [-0.05, 0) is 25.5 Å². The molecule has 0 saturated heterocycles. The second-order valence-electron chi connectivity index (χ2n) is 5.58. The summed E-state index contributed by atoms with van der Waals surface area (Å²) in [6.45, 7) is 3.78. The molecule has 2 aromatic rings. The van der Waals surface area contributed by atoms with Gasteiger partial charge in [0, 0.05) is 0 Å². The maximum absolute atomic E-state index is 12.4.